The van der Waals surface area contributed by atoms with Crippen LogP contribution in [0.5, 0.6) is 0 Å². The zero-order chi connectivity index (χ0) is 13.3. The van der Waals surface area contributed by atoms with E-state index in [4.69, 9.17) is 10.5 Å². The summed E-state index contributed by atoms with van der Waals surface area (Å²) in [4.78, 5) is 25.9. The number of carbonyl (C=O) groups excluding carboxylic acids is 2. The number of nitrogen functional groups attached to an aromatic ring is 1. The van der Waals surface area contributed by atoms with Crippen LogP contribution in [0.15, 0.2) is 18.2 Å². The molecule has 94 valence electrons. The number of Topliss-reactive ketones (excluding diaryl/α,β-unsaturated/α-hetero) is 1. The fourth-order valence-corrected chi connectivity index (χ4v) is 1.86. The highest BCUT2D eigenvalue weighted by atomic mass is 16.5. The van der Waals surface area contributed by atoms with Crippen molar-refractivity contribution in [2.75, 3.05) is 12.3 Å². The number of aromatic nitrogens is 1. The number of hydrogen-bond acceptors (Lipinski definition) is 4. The molecule has 0 aliphatic heterocycles. The molecule has 0 bridgehead atoms. The van der Waals surface area contributed by atoms with Crippen LogP contribution in [0.4, 0.5) is 5.82 Å². The molecule has 2 rings (SSSR count). The number of fused-ring (bicyclic) bond motifs is 1. The molecule has 0 aliphatic rings. The fourth-order valence-electron chi connectivity index (χ4n) is 1.86. The summed E-state index contributed by atoms with van der Waals surface area (Å²) < 4.78 is 4.95. The van der Waals surface area contributed by atoms with Gasteiger partial charge in [0, 0.05) is 16.5 Å². The molecule has 0 radical (unpaired) electrons. The number of ketones is 1. The highest BCUT2D eigenvalue weighted by Crippen LogP contribution is 2.26. The highest BCUT2D eigenvalue weighted by Gasteiger charge is 2.18. The highest BCUT2D eigenvalue weighted by molar-refractivity contribution is 6.10. The Kier molecular flexibility index (Phi) is 3.06. The monoisotopic (exact) mass is 246 g/mol. The van der Waals surface area contributed by atoms with Crippen molar-refractivity contribution in [3.05, 3.63) is 29.3 Å². The van der Waals surface area contributed by atoms with Gasteiger partial charge in [-0.05, 0) is 19.9 Å². The number of ether oxygens (including phenoxy) is 1. The van der Waals surface area contributed by atoms with Crippen molar-refractivity contribution >= 4 is 28.5 Å². The third-order valence-electron chi connectivity index (χ3n) is 2.71. The van der Waals surface area contributed by atoms with Gasteiger partial charge in [0.15, 0.2) is 5.78 Å². The summed E-state index contributed by atoms with van der Waals surface area (Å²) in [6.07, 6.45) is 0. The summed E-state index contributed by atoms with van der Waals surface area (Å²) >= 11 is 0. The van der Waals surface area contributed by atoms with E-state index in [2.05, 4.69) is 4.98 Å². The number of aromatic amines is 1. The molecule has 0 amide bonds. The minimum absolute atomic E-state index is 0.0391. The molecular formula is C13H14N2O3. The van der Waals surface area contributed by atoms with Crippen LogP contribution < -0.4 is 5.73 Å². The minimum atomic E-state index is -0.461. The van der Waals surface area contributed by atoms with E-state index in [9.17, 15) is 9.59 Å². The van der Waals surface area contributed by atoms with E-state index in [0.29, 0.717) is 22.0 Å². The zero-order valence-electron chi connectivity index (χ0n) is 10.2. The number of H-pyrrole nitrogens is 1. The molecule has 0 unspecified atom stereocenters. The van der Waals surface area contributed by atoms with Gasteiger partial charge in [-0.15, -0.1) is 0 Å². The first-order valence-electron chi connectivity index (χ1n) is 5.63. The Hall–Kier alpha value is -2.30. The maximum atomic E-state index is 11.8. The number of benzene rings is 1. The van der Waals surface area contributed by atoms with Gasteiger partial charge in [0.1, 0.15) is 11.4 Å². The second-order valence-corrected chi connectivity index (χ2v) is 3.95. The van der Waals surface area contributed by atoms with Crippen LogP contribution in [-0.4, -0.2) is 23.3 Å². The zero-order valence-corrected chi connectivity index (χ0v) is 10.2. The smallest absolute Gasteiger partial charge is 0.342 e. The van der Waals surface area contributed by atoms with Gasteiger partial charge in [0.25, 0.3) is 0 Å². The summed E-state index contributed by atoms with van der Waals surface area (Å²) in [5.74, 6) is -0.247. The Morgan fingerprint density at radius 2 is 2.11 bits per heavy atom. The first-order chi connectivity index (χ1) is 8.54. The minimum Gasteiger partial charge on any atom is -0.462 e. The van der Waals surface area contributed by atoms with E-state index in [-0.39, 0.29) is 18.2 Å². The van der Waals surface area contributed by atoms with Crippen molar-refractivity contribution in [3.63, 3.8) is 0 Å². The maximum absolute atomic E-state index is 11.8. The first kappa shape index (κ1) is 12.2. The van der Waals surface area contributed by atoms with Crippen LogP contribution in [0.1, 0.15) is 34.6 Å². The average molecular weight is 246 g/mol. The third-order valence-corrected chi connectivity index (χ3v) is 2.71. The quantitative estimate of drug-likeness (QED) is 0.641. The van der Waals surface area contributed by atoms with Crippen molar-refractivity contribution in [3.8, 4) is 0 Å². The Balaban J connectivity index is 2.59. The van der Waals surface area contributed by atoms with E-state index in [0.717, 1.165) is 0 Å². The van der Waals surface area contributed by atoms with Crippen LogP contribution in [0, 0.1) is 0 Å². The van der Waals surface area contributed by atoms with Gasteiger partial charge < -0.3 is 15.5 Å². The predicted molar refractivity (Wildman–Crippen MR) is 68.7 cm³/mol. The van der Waals surface area contributed by atoms with Gasteiger partial charge in [0.05, 0.1) is 6.61 Å². The van der Waals surface area contributed by atoms with Gasteiger partial charge in [-0.2, -0.15) is 0 Å². The summed E-state index contributed by atoms with van der Waals surface area (Å²) in [6.45, 7) is 3.51. The lowest BCUT2D eigenvalue weighted by molar-refractivity contribution is 0.0530. The van der Waals surface area contributed by atoms with Crippen LogP contribution >= 0.6 is 0 Å². The average Bonchev–Trinajstić information content (AvgIpc) is 2.63. The molecule has 0 fully saturated rings. The van der Waals surface area contributed by atoms with E-state index >= 15 is 0 Å². The second-order valence-electron chi connectivity index (χ2n) is 3.95. The molecule has 0 spiro atoms. The van der Waals surface area contributed by atoms with Crippen LogP contribution in [0.3, 0.4) is 0 Å². The molecule has 1 aromatic carbocycles. The van der Waals surface area contributed by atoms with Gasteiger partial charge >= 0.3 is 5.97 Å². The van der Waals surface area contributed by atoms with Crippen LogP contribution in [-0.2, 0) is 4.74 Å². The molecular weight excluding hydrogens is 232 g/mol. The van der Waals surface area contributed by atoms with Crippen molar-refractivity contribution in [1.29, 1.82) is 0 Å². The Morgan fingerprint density at radius 3 is 2.72 bits per heavy atom. The number of carbonyl (C=O) groups is 2. The van der Waals surface area contributed by atoms with E-state index in [1.165, 1.54) is 6.92 Å². The van der Waals surface area contributed by atoms with Gasteiger partial charge in [-0.25, -0.2) is 4.79 Å². The standard InChI is InChI=1S/C13H14N2O3/c1-3-18-13(17)11-9-5-4-8(7(2)16)6-10(9)15-12(11)14/h4-6,15H,3,14H2,1-2H3. The van der Waals surface area contributed by atoms with E-state index in [1.54, 1.807) is 25.1 Å². The lowest BCUT2D eigenvalue weighted by Gasteiger charge is -2.01. The maximum Gasteiger partial charge on any atom is 0.342 e. The predicted octanol–water partition coefficient (Wildman–Crippen LogP) is 2.13. The van der Waals surface area contributed by atoms with Crippen LogP contribution in [0.2, 0.25) is 0 Å². The molecule has 1 heterocycles. The number of anilines is 1. The van der Waals surface area contributed by atoms with Crippen molar-refractivity contribution < 1.29 is 14.3 Å². The van der Waals surface area contributed by atoms with Gasteiger partial charge in [-0.1, -0.05) is 12.1 Å². The Labute approximate surface area is 104 Å². The number of nitrogens with two attached hydrogens (primary N) is 1. The number of esters is 1. The summed E-state index contributed by atoms with van der Waals surface area (Å²) in [5.41, 5.74) is 7.32. The molecule has 5 heteroatoms. The van der Waals surface area contributed by atoms with Crippen molar-refractivity contribution in [1.82, 2.24) is 4.98 Å². The number of rotatable bonds is 3. The molecule has 18 heavy (non-hydrogen) atoms. The van der Waals surface area contributed by atoms with Gasteiger partial charge in [0.2, 0.25) is 0 Å². The van der Waals surface area contributed by atoms with Crippen molar-refractivity contribution in [2.45, 2.75) is 13.8 Å². The molecule has 5 nitrogen and oxygen atoms in total. The van der Waals surface area contributed by atoms with Crippen LogP contribution in [0.25, 0.3) is 10.9 Å². The molecule has 0 saturated heterocycles. The number of nitrogens with one attached hydrogen (secondary N) is 1. The molecule has 3 N–H and O–H groups in total. The largest absolute Gasteiger partial charge is 0.462 e. The molecule has 0 saturated carbocycles. The summed E-state index contributed by atoms with van der Waals surface area (Å²) in [5, 5.41) is 0.663. The van der Waals surface area contributed by atoms with E-state index < -0.39 is 5.97 Å². The topological polar surface area (TPSA) is 85.2 Å². The molecule has 0 atom stereocenters. The third kappa shape index (κ3) is 1.95. The summed E-state index contributed by atoms with van der Waals surface area (Å²) in [6, 6.07) is 5.04. The second kappa shape index (κ2) is 4.52. The van der Waals surface area contributed by atoms with Gasteiger partial charge in [-0.3, -0.25) is 4.79 Å². The summed E-state index contributed by atoms with van der Waals surface area (Å²) in [7, 11) is 0. The first-order valence-corrected chi connectivity index (χ1v) is 5.63. The molecule has 2 aromatic rings. The number of hydrogen-bond donors (Lipinski definition) is 2. The lowest BCUT2D eigenvalue weighted by atomic mass is 10.1. The molecule has 0 aliphatic carbocycles. The van der Waals surface area contributed by atoms with E-state index in [1.807, 2.05) is 0 Å². The SMILES string of the molecule is CCOC(=O)c1c(N)[nH]c2cc(C(C)=O)ccc12. The fraction of sp³-hybridized carbons (Fsp3) is 0.231. The molecule has 1 aromatic heterocycles. The Morgan fingerprint density at radius 1 is 1.39 bits per heavy atom. The Bertz CT molecular complexity index is 628. The normalized spacial score (nSPS) is 10.6. The van der Waals surface area contributed by atoms with Crippen molar-refractivity contribution in [2.24, 2.45) is 0 Å². The lowest BCUT2D eigenvalue weighted by Crippen LogP contribution is -2.06.